The molecule has 0 aromatic rings. The molecule has 0 aromatic carbocycles. The predicted octanol–water partition coefficient (Wildman–Crippen LogP) is 2.43. The van der Waals surface area contributed by atoms with Crippen molar-refractivity contribution in [2.75, 3.05) is 0 Å². The van der Waals surface area contributed by atoms with Crippen molar-refractivity contribution in [3.8, 4) is 0 Å². The van der Waals surface area contributed by atoms with Crippen molar-refractivity contribution in [3.05, 3.63) is 0 Å². The van der Waals surface area contributed by atoms with Gasteiger partial charge in [-0.05, 0) is 24.7 Å². The zero-order chi connectivity index (χ0) is 13.9. The molecule has 0 aliphatic carbocycles. The molecule has 0 rings (SSSR count). The average Bonchev–Trinajstić information content (AvgIpc) is 2.15. The zero-order valence-corrected chi connectivity index (χ0v) is 11.8. The standard InChI is InChI=1S/C13H25NO3/c1-7-13(6,11(16)17)14-10(15)8-9(2)12(3,4)5/h9H,7-8H2,1-6H3,(H,14,15)(H,16,17). The third-order valence-corrected chi connectivity index (χ3v) is 3.56. The van der Waals surface area contributed by atoms with Gasteiger partial charge in [-0.2, -0.15) is 0 Å². The van der Waals surface area contributed by atoms with Gasteiger partial charge in [-0.3, -0.25) is 4.79 Å². The lowest BCUT2D eigenvalue weighted by molar-refractivity contribution is -0.147. The number of carbonyl (C=O) groups excluding carboxylic acids is 1. The van der Waals surface area contributed by atoms with Crippen LogP contribution in [0.4, 0.5) is 0 Å². The lowest BCUT2D eigenvalue weighted by Gasteiger charge is -2.29. The number of hydrogen-bond acceptors (Lipinski definition) is 2. The molecule has 2 unspecified atom stereocenters. The summed E-state index contributed by atoms with van der Waals surface area (Å²) >= 11 is 0. The van der Waals surface area contributed by atoms with E-state index in [1.54, 1.807) is 6.92 Å². The summed E-state index contributed by atoms with van der Waals surface area (Å²) < 4.78 is 0. The first-order chi connectivity index (χ1) is 7.53. The molecule has 0 spiro atoms. The molecule has 0 heterocycles. The van der Waals surface area contributed by atoms with Gasteiger partial charge in [0.05, 0.1) is 0 Å². The fourth-order valence-electron chi connectivity index (χ4n) is 1.24. The van der Waals surface area contributed by atoms with Crippen LogP contribution >= 0.6 is 0 Å². The molecule has 1 amide bonds. The number of rotatable bonds is 5. The van der Waals surface area contributed by atoms with Crippen LogP contribution in [0, 0.1) is 11.3 Å². The van der Waals surface area contributed by atoms with Crippen molar-refractivity contribution in [2.45, 2.75) is 59.9 Å². The Labute approximate surface area is 104 Å². The molecule has 0 aliphatic rings. The van der Waals surface area contributed by atoms with Crippen molar-refractivity contribution in [1.29, 1.82) is 0 Å². The van der Waals surface area contributed by atoms with E-state index in [2.05, 4.69) is 26.1 Å². The molecule has 0 fully saturated rings. The van der Waals surface area contributed by atoms with Gasteiger partial charge in [0, 0.05) is 6.42 Å². The molecular formula is C13H25NO3. The van der Waals surface area contributed by atoms with E-state index in [0.717, 1.165) is 0 Å². The summed E-state index contributed by atoms with van der Waals surface area (Å²) in [5.74, 6) is -0.978. The Balaban J connectivity index is 4.51. The summed E-state index contributed by atoms with van der Waals surface area (Å²) in [7, 11) is 0. The number of amides is 1. The molecule has 0 saturated carbocycles. The minimum atomic E-state index is -1.16. The maximum atomic E-state index is 11.8. The summed E-state index contributed by atoms with van der Waals surface area (Å²) in [5.41, 5.74) is -1.11. The highest BCUT2D eigenvalue weighted by atomic mass is 16.4. The summed E-state index contributed by atoms with van der Waals surface area (Å²) in [4.78, 5) is 22.9. The number of carboxylic acids is 1. The fraction of sp³-hybridized carbons (Fsp3) is 0.846. The lowest BCUT2D eigenvalue weighted by atomic mass is 9.80. The highest BCUT2D eigenvalue weighted by molar-refractivity contribution is 5.86. The van der Waals surface area contributed by atoms with Crippen molar-refractivity contribution >= 4 is 11.9 Å². The Morgan fingerprint density at radius 2 is 1.71 bits per heavy atom. The Morgan fingerprint density at radius 3 is 2.00 bits per heavy atom. The lowest BCUT2D eigenvalue weighted by Crippen LogP contribution is -2.52. The van der Waals surface area contributed by atoms with Gasteiger partial charge in [-0.1, -0.05) is 34.6 Å². The van der Waals surface area contributed by atoms with E-state index >= 15 is 0 Å². The molecule has 0 bridgehead atoms. The van der Waals surface area contributed by atoms with Crippen LogP contribution < -0.4 is 5.32 Å². The van der Waals surface area contributed by atoms with Gasteiger partial charge < -0.3 is 10.4 Å². The maximum absolute atomic E-state index is 11.8. The van der Waals surface area contributed by atoms with Crippen LogP contribution in [0.15, 0.2) is 0 Å². The monoisotopic (exact) mass is 243 g/mol. The molecule has 2 atom stereocenters. The van der Waals surface area contributed by atoms with Crippen LogP contribution in [0.1, 0.15) is 54.4 Å². The summed E-state index contributed by atoms with van der Waals surface area (Å²) in [6.07, 6.45) is 0.727. The topological polar surface area (TPSA) is 66.4 Å². The third-order valence-electron chi connectivity index (χ3n) is 3.56. The van der Waals surface area contributed by atoms with Crippen LogP contribution in [0.3, 0.4) is 0 Å². The molecule has 2 N–H and O–H groups in total. The van der Waals surface area contributed by atoms with Gasteiger partial charge in [0.15, 0.2) is 0 Å². The second-order valence-electron chi connectivity index (χ2n) is 6.01. The van der Waals surface area contributed by atoms with Crippen molar-refractivity contribution in [1.82, 2.24) is 5.32 Å². The minimum absolute atomic E-state index is 0.0448. The fourth-order valence-corrected chi connectivity index (χ4v) is 1.24. The Morgan fingerprint density at radius 1 is 1.24 bits per heavy atom. The second-order valence-corrected chi connectivity index (χ2v) is 6.01. The third kappa shape index (κ3) is 4.75. The van der Waals surface area contributed by atoms with Crippen LogP contribution in [0.2, 0.25) is 0 Å². The zero-order valence-electron chi connectivity index (χ0n) is 11.8. The smallest absolute Gasteiger partial charge is 0.329 e. The quantitative estimate of drug-likeness (QED) is 0.779. The minimum Gasteiger partial charge on any atom is -0.480 e. The van der Waals surface area contributed by atoms with Crippen molar-refractivity contribution in [3.63, 3.8) is 0 Å². The number of aliphatic carboxylic acids is 1. The van der Waals surface area contributed by atoms with Gasteiger partial charge in [0.25, 0.3) is 0 Å². The van der Waals surface area contributed by atoms with E-state index in [0.29, 0.717) is 12.8 Å². The Bertz CT molecular complexity index is 294. The first-order valence-corrected chi connectivity index (χ1v) is 6.07. The van der Waals surface area contributed by atoms with E-state index in [9.17, 15) is 9.59 Å². The van der Waals surface area contributed by atoms with Crippen molar-refractivity contribution in [2.24, 2.45) is 11.3 Å². The molecule has 0 radical (unpaired) electrons. The van der Waals surface area contributed by atoms with E-state index in [4.69, 9.17) is 5.11 Å². The summed E-state index contributed by atoms with van der Waals surface area (Å²) in [6.45, 7) is 11.5. The Hall–Kier alpha value is -1.06. The molecular weight excluding hydrogens is 218 g/mol. The van der Waals surface area contributed by atoms with Crippen LogP contribution in [0.25, 0.3) is 0 Å². The van der Waals surface area contributed by atoms with Gasteiger partial charge in [-0.25, -0.2) is 4.79 Å². The van der Waals surface area contributed by atoms with Crippen molar-refractivity contribution < 1.29 is 14.7 Å². The first kappa shape index (κ1) is 15.9. The number of hydrogen-bond donors (Lipinski definition) is 2. The SMILES string of the molecule is CCC(C)(NC(=O)CC(C)C(C)(C)C)C(=O)O. The number of carboxylic acid groups (broad SMARTS) is 1. The average molecular weight is 243 g/mol. The molecule has 0 saturated heterocycles. The van der Waals surface area contributed by atoms with Gasteiger partial charge in [0.2, 0.25) is 5.91 Å². The van der Waals surface area contributed by atoms with E-state index < -0.39 is 11.5 Å². The van der Waals surface area contributed by atoms with Gasteiger partial charge in [0.1, 0.15) is 5.54 Å². The van der Waals surface area contributed by atoms with Crippen LogP contribution in [-0.2, 0) is 9.59 Å². The molecule has 100 valence electrons. The van der Waals surface area contributed by atoms with Gasteiger partial charge in [-0.15, -0.1) is 0 Å². The maximum Gasteiger partial charge on any atom is 0.329 e. The highest BCUT2D eigenvalue weighted by Gasteiger charge is 2.33. The van der Waals surface area contributed by atoms with E-state index in [1.807, 2.05) is 6.92 Å². The van der Waals surface area contributed by atoms with E-state index in [1.165, 1.54) is 6.92 Å². The number of nitrogens with one attached hydrogen (secondary N) is 1. The molecule has 0 aliphatic heterocycles. The summed E-state index contributed by atoms with van der Waals surface area (Å²) in [5, 5.41) is 11.7. The largest absolute Gasteiger partial charge is 0.480 e. The first-order valence-electron chi connectivity index (χ1n) is 6.07. The van der Waals surface area contributed by atoms with Crippen LogP contribution in [-0.4, -0.2) is 22.5 Å². The molecule has 0 aromatic heterocycles. The number of carbonyl (C=O) groups is 2. The second kappa shape index (κ2) is 5.52. The predicted molar refractivity (Wildman–Crippen MR) is 67.7 cm³/mol. The highest BCUT2D eigenvalue weighted by Crippen LogP contribution is 2.28. The summed E-state index contributed by atoms with van der Waals surface area (Å²) in [6, 6.07) is 0. The molecule has 4 nitrogen and oxygen atoms in total. The molecule has 17 heavy (non-hydrogen) atoms. The normalized spacial score (nSPS) is 17.1. The molecule has 4 heteroatoms. The van der Waals surface area contributed by atoms with Gasteiger partial charge >= 0.3 is 5.97 Å². The van der Waals surface area contributed by atoms with E-state index in [-0.39, 0.29) is 17.2 Å². The Kier molecular flexibility index (Phi) is 5.17. The van der Waals surface area contributed by atoms with Crippen LogP contribution in [0.5, 0.6) is 0 Å².